The maximum Gasteiger partial charge on any atom is 0.238 e. The lowest BCUT2D eigenvalue weighted by Crippen LogP contribution is -2.27. The Kier molecular flexibility index (Phi) is 5.03. The van der Waals surface area contributed by atoms with Crippen LogP contribution in [0.15, 0.2) is 78.9 Å². The second-order valence-electron chi connectivity index (χ2n) is 6.08. The van der Waals surface area contributed by atoms with Gasteiger partial charge in [-0.1, -0.05) is 36.4 Å². The number of carbonyl (C=O) groups excluding carboxylic acids is 1. The Morgan fingerprint density at radius 3 is 2.30 bits per heavy atom. The highest BCUT2D eigenvalue weighted by Crippen LogP contribution is 2.45. The molecule has 0 bridgehead atoms. The molecule has 0 aliphatic carbocycles. The van der Waals surface area contributed by atoms with Crippen molar-refractivity contribution in [3.05, 3.63) is 84.4 Å². The summed E-state index contributed by atoms with van der Waals surface area (Å²) in [6.07, 6.45) is 0. The number of benzene rings is 3. The third-order valence-electron chi connectivity index (χ3n) is 4.37. The number of anilines is 1. The number of rotatable bonds is 5. The van der Waals surface area contributed by atoms with Gasteiger partial charge in [0.25, 0.3) is 0 Å². The van der Waals surface area contributed by atoms with E-state index in [2.05, 4.69) is 0 Å². The van der Waals surface area contributed by atoms with E-state index >= 15 is 0 Å². The molecule has 4 nitrogen and oxygen atoms in total. The van der Waals surface area contributed by atoms with Crippen LogP contribution in [0.1, 0.15) is 10.9 Å². The molecule has 1 atom stereocenters. The number of carbonyl (C=O) groups is 1. The monoisotopic (exact) mass is 377 g/mol. The number of nitrogens with zero attached hydrogens (tertiary/aromatic N) is 1. The summed E-state index contributed by atoms with van der Waals surface area (Å²) in [7, 11) is 1.65. The number of thioether (sulfide) groups is 1. The van der Waals surface area contributed by atoms with E-state index in [1.54, 1.807) is 18.9 Å². The maximum atomic E-state index is 12.6. The van der Waals surface area contributed by atoms with Gasteiger partial charge in [-0.25, -0.2) is 0 Å². The largest absolute Gasteiger partial charge is 0.496 e. The van der Waals surface area contributed by atoms with Crippen molar-refractivity contribution >= 4 is 23.4 Å². The molecule has 0 radical (unpaired) electrons. The van der Waals surface area contributed by atoms with Crippen LogP contribution in [0, 0.1) is 0 Å². The van der Waals surface area contributed by atoms with Crippen molar-refractivity contribution in [2.45, 2.75) is 5.37 Å². The van der Waals surface area contributed by atoms with E-state index in [9.17, 15) is 4.79 Å². The Balaban J connectivity index is 1.60. The number of hydrogen-bond donors (Lipinski definition) is 0. The van der Waals surface area contributed by atoms with Crippen molar-refractivity contribution in [3.8, 4) is 17.2 Å². The summed E-state index contributed by atoms with van der Waals surface area (Å²) in [5.41, 5.74) is 1.85. The van der Waals surface area contributed by atoms with Crippen LogP contribution in [0.2, 0.25) is 0 Å². The summed E-state index contributed by atoms with van der Waals surface area (Å²) in [6.45, 7) is 0. The number of ether oxygens (including phenoxy) is 2. The molecule has 0 saturated carbocycles. The summed E-state index contributed by atoms with van der Waals surface area (Å²) in [5, 5.41) is -0.102. The average molecular weight is 377 g/mol. The van der Waals surface area contributed by atoms with Crippen LogP contribution in [0.25, 0.3) is 0 Å². The van der Waals surface area contributed by atoms with Crippen LogP contribution in [-0.2, 0) is 4.79 Å². The van der Waals surface area contributed by atoms with Gasteiger partial charge in [0.05, 0.1) is 12.9 Å². The highest BCUT2D eigenvalue weighted by molar-refractivity contribution is 8.00. The SMILES string of the molecule is COc1ccccc1[C@H]1SCC(=O)N1c1ccc(Oc2ccccc2)cc1. The van der Waals surface area contributed by atoms with E-state index in [0.717, 1.165) is 28.5 Å². The molecule has 5 heteroatoms. The molecule has 1 aliphatic heterocycles. The van der Waals surface area contributed by atoms with E-state index < -0.39 is 0 Å². The van der Waals surface area contributed by atoms with E-state index in [-0.39, 0.29) is 11.3 Å². The second-order valence-corrected chi connectivity index (χ2v) is 7.15. The Hall–Kier alpha value is -2.92. The van der Waals surface area contributed by atoms with Crippen molar-refractivity contribution in [1.82, 2.24) is 0 Å². The third kappa shape index (κ3) is 3.64. The predicted octanol–water partition coefficient (Wildman–Crippen LogP) is 5.27. The molecule has 1 heterocycles. The predicted molar refractivity (Wildman–Crippen MR) is 109 cm³/mol. The number of hydrogen-bond acceptors (Lipinski definition) is 4. The fraction of sp³-hybridized carbons (Fsp3) is 0.136. The van der Waals surface area contributed by atoms with Crippen molar-refractivity contribution in [1.29, 1.82) is 0 Å². The summed E-state index contributed by atoms with van der Waals surface area (Å²) in [6, 6.07) is 25.1. The fourth-order valence-electron chi connectivity index (χ4n) is 3.10. The third-order valence-corrected chi connectivity index (χ3v) is 5.56. The summed E-state index contributed by atoms with van der Waals surface area (Å²) in [4.78, 5) is 14.4. The van der Waals surface area contributed by atoms with E-state index in [4.69, 9.17) is 9.47 Å². The molecule has 1 amide bonds. The van der Waals surface area contributed by atoms with Crippen molar-refractivity contribution in [2.24, 2.45) is 0 Å². The van der Waals surface area contributed by atoms with Crippen LogP contribution < -0.4 is 14.4 Å². The van der Waals surface area contributed by atoms with E-state index in [0.29, 0.717) is 5.75 Å². The zero-order valence-electron chi connectivity index (χ0n) is 14.9. The molecular weight excluding hydrogens is 358 g/mol. The van der Waals surface area contributed by atoms with E-state index in [1.807, 2.05) is 83.8 Å². The smallest absolute Gasteiger partial charge is 0.238 e. The number of methoxy groups -OCH3 is 1. The Labute approximate surface area is 162 Å². The van der Waals surface area contributed by atoms with Gasteiger partial charge >= 0.3 is 0 Å². The minimum absolute atomic E-state index is 0.0904. The number of para-hydroxylation sites is 2. The van der Waals surface area contributed by atoms with Gasteiger partial charge in [0.1, 0.15) is 22.6 Å². The molecule has 0 unspecified atom stereocenters. The zero-order valence-corrected chi connectivity index (χ0v) is 15.7. The Morgan fingerprint density at radius 2 is 1.56 bits per heavy atom. The van der Waals surface area contributed by atoms with E-state index in [1.165, 1.54) is 0 Å². The molecule has 0 N–H and O–H groups in total. The standard InChI is InChI=1S/C22H19NO3S/c1-25-20-10-6-5-9-19(20)22-23(21(24)15-27-22)16-11-13-18(14-12-16)26-17-7-3-2-4-8-17/h2-14,22H,15H2,1H3/t22-/m1/s1. The molecule has 4 rings (SSSR count). The lowest BCUT2D eigenvalue weighted by molar-refractivity contribution is -0.115. The molecule has 1 saturated heterocycles. The zero-order chi connectivity index (χ0) is 18.6. The minimum Gasteiger partial charge on any atom is -0.496 e. The molecule has 3 aromatic rings. The summed E-state index contributed by atoms with van der Waals surface area (Å²) >= 11 is 1.61. The van der Waals surface area contributed by atoms with Gasteiger partial charge in [-0.3, -0.25) is 9.69 Å². The number of amides is 1. The Morgan fingerprint density at radius 1 is 0.889 bits per heavy atom. The van der Waals surface area contributed by atoms with Crippen molar-refractivity contribution in [2.75, 3.05) is 17.8 Å². The van der Waals surface area contributed by atoms with Gasteiger partial charge in [0, 0.05) is 11.3 Å². The summed E-state index contributed by atoms with van der Waals surface area (Å²) < 4.78 is 11.3. The average Bonchev–Trinajstić information content (AvgIpc) is 3.10. The lowest BCUT2D eigenvalue weighted by Gasteiger charge is -2.25. The fourth-order valence-corrected chi connectivity index (χ4v) is 4.31. The van der Waals surface area contributed by atoms with Gasteiger partial charge < -0.3 is 9.47 Å². The highest BCUT2D eigenvalue weighted by atomic mass is 32.2. The van der Waals surface area contributed by atoms with Gasteiger partial charge in [-0.2, -0.15) is 0 Å². The molecule has 136 valence electrons. The van der Waals surface area contributed by atoms with Crippen LogP contribution in [0.3, 0.4) is 0 Å². The first-order chi connectivity index (χ1) is 13.3. The Bertz CT molecular complexity index is 928. The summed E-state index contributed by atoms with van der Waals surface area (Å²) in [5.74, 6) is 2.85. The van der Waals surface area contributed by atoms with Gasteiger partial charge in [-0.15, -0.1) is 11.8 Å². The molecule has 0 aromatic heterocycles. The minimum atomic E-state index is -0.102. The van der Waals surface area contributed by atoms with Crippen molar-refractivity contribution < 1.29 is 14.3 Å². The molecular formula is C22H19NO3S. The topological polar surface area (TPSA) is 38.8 Å². The molecule has 3 aromatic carbocycles. The van der Waals surface area contributed by atoms with Gasteiger partial charge in [0.2, 0.25) is 5.91 Å². The molecule has 27 heavy (non-hydrogen) atoms. The van der Waals surface area contributed by atoms with Gasteiger partial charge in [-0.05, 0) is 42.5 Å². The first-order valence-corrected chi connectivity index (χ1v) is 9.70. The molecule has 1 aliphatic rings. The quantitative estimate of drug-likeness (QED) is 0.607. The highest BCUT2D eigenvalue weighted by Gasteiger charge is 2.35. The van der Waals surface area contributed by atoms with Crippen LogP contribution in [0.5, 0.6) is 17.2 Å². The first kappa shape index (κ1) is 17.5. The first-order valence-electron chi connectivity index (χ1n) is 8.66. The lowest BCUT2D eigenvalue weighted by atomic mass is 10.1. The van der Waals surface area contributed by atoms with Gasteiger partial charge in [0.15, 0.2) is 0 Å². The normalized spacial score (nSPS) is 16.4. The molecule has 1 fully saturated rings. The van der Waals surface area contributed by atoms with Crippen LogP contribution in [-0.4, -0.2) is 18.8 Å². The van der Waals surface area contributed by atoms with Crippen LogP contribution >= 0.6 is 11.8 Å². The second kappa shape index (κ2) is 7.76. The molecule has 0 spiro atoms. The van der Waals surface area contributed by atoms with Crippen molar-refractivity contribution in [3.63, 3.8) is 0 Å². The maximum absolute atomic E-state index is 12.6. The van der Waals surface area contributed by atoms with Crippen LogP contribution in [0.4, 0.5) is 5.69 Å².